The Morgan fingerprint density at radius 3 is 2.54 bits per heavy atom. The molecule has 26 heavy (non-hydrogen) atoms. The summed E-state index contributed by atoms with van der Waals surface area (Å²) in [5.74, 6) is -0.963. The predicted octanol–water partition coefficient (Wildman–Crippen LogP) is 4.67. The smallest absolute Gasteiger partial charge is 0.247 e. The maximum atomic E-state index is 13.4. The van der Waals surface area contributed by atoms with E-state index in [4.69, 9.17) is 5.26 Å². The van der Waals surface area contributed by atoms with E-state index in [9.17, 15) is 17.6 Å². The molecule has 0 amide bonds. The van der Waals surface area contributed by atoms with Crippen LogP contribution in [0.1, 0.15) is 22.4 Å². The number of benzene rings is 2. The molecule has 0 radical (unpaired) electrons. The number of aromatic nitrogens is 3. The number of alkyl halides is 3. The topological polar surface area (TPSA) is 65.4 Å². The van der Waals surface area contributed by atoms with Gasteiger partial charge in [0, 0.05) is 5.56 Å². The molecule has 8 heteroatoms. The van der Waals surface area contributed by atoms with Crippen LogP contribution in [-0.2, 0) is 6.18 Å². The van der Waals surface area contributed by atoms with Gasteiger partial charge in [-0.25, -0.2) is 9.49 Å². The first-order valence-corrected chi connectivity index (χ1v) is 7.34. The Kier molecular flexibility index (Phi) is 4.54. The number of hydrogen-bond acceptors (Lipinski definition) is 3. The lowest BCUT2D eigenvalue weighted by Gasteiger charge is -2.07. The van der Waals surface area contributed by atoms with E-state index in [1.54, 1.807) is 30.3 Å². The molecule has 0 spiro atoms. The van der Waals surface area contributed by atoms with Crippen molar-refractivity contribution in [1.82, 2.24) is 15.4 Å². The number of nitriles is 1. The van der Waals surface area contributed by atoms with E-state index >= 15 is 0 Å². The van der Waals surface area contributed by atoms with Crippen LogP contribution in [0.25, 0.3) is 23.4 Å². The van der Waals surface area contributed by atoms with Gasteiger partial charge in [-0.1, -0.05) is 35.6 Å². The highest BCUT2D eigenvalue weighted by atomic mass is 19.4. The normalized spacial score (nSPS) is 11.7. The molecule has 130 valence electrons. The van der Waals surface area contributed by atoms with E-state index in [0.29, 0.717) is 22.9 Å². The van der Waals surface area contributed by atoms with Gasteiger partial charge in [0.25, 0.3) is 0 Å². The fraction of sp³-hybridized carbons (Fsp3) is 0.0556. The minimum absolute atomic E-state index is 0.0851. The van der Waals surface area contributed by atoms with Gasteiger partial charge in [0.2, 0.25) is 0 Å². The maximum Gasteiger partial charge on any atom is 0.416 e. The molecule has 3 rings (SSSR count). The molecule has 1 heterocycles. The number of H-pyrrole nitrogens is 1. The summed E-state index contributed by atoms with van der Waals surface area (Å²) in [6.07, 6.45) is -1.69. The third kappa shape index (κ3) is 3.78. The van der Waals surface area contributed by atoms with E-state index in [0.717, 1.165) is 12.1 Å². The van der Waals surface area contributed by atoms with Crippen molar-refractivity contribution in [2.45, 2.75) is 6.18 Å². The summed E-state index contributed by atoms with van der Waals surface area (Å²) < 4.78 is 51.7. The molecule has 2 aromatic carbocycles. The second-order valence-electron chi connectivity index (χ2n) is 5.38. The van der Waals surface area contributed by atoms with Gasteiger partial charge in [-0.05, 0) is 35.4 Å². The summed E-state index contributed by atoms with van der Waals surface area (Å²) in [5, 5.41) is 18.9. The summed E-state index contributed by atoms with van der Waals surface area (Å²) >= 11 is 0. The van der Waals surface area contributed by atoms with Crippen molar-refractivity contribution in [3.8, 4) is 17.3 Å². The lowest BCUT2D eigenvalue weighted by molar-refractivity contribution is -0.137. The molecule has 0 aliphatic heterocycles. The Bertz CT molecular complexity index is 1010. The molecule has 3 aromatic rings. The van der Waals surface area contributed by atoms with Crippen LogP contribution in [0.3, 0.4) is 0 Å². The Balaban J connectivity index is 1.92. The standard InChI is InChI=1S/C18H10F4N4/c19-15-8-12(7-14(9-15)18(20,21)22)5-4-11-2-1-3-13(6-11)17-16(10-23)24-26-25-17/h1-9H,(H,24,25,26). The predicted molar refractivity (Wildman–Crippen MR) is 86.9 cm³/mol. The summed E-state index contributed by atoms with van der Waals surface area (Å²) in [6.45, 7) is 0. The van der Waals surface area contributed by atoms with E-state index < -0.39 is 17.6 Å². The number of nitrogens with zero attached hydrogens (tertiary/aromatic N) is 3. The highest BCUT2D eigenvalue weighted by Crippen LogP contribution is 2.31. The van der Waals surface area contributed by atoms with Crippen LogP contribution in [0.4, 0.5) is 17.6 Å². The average molecular weight is 358 g/mol. The van der Waals surface area contributed by atoms with E-state index in [-0.39, 0.29) is 11.3 Å². The van der Waals surface area contributed by atoms with Gasteiger partial charge in [-0.2, -0.15) is 18.4 Å². The third-order valence-corrected chi connectivity index (χ3v) is 3.54. The van der Waals surface area contributed by atoms with Gasteiger partial charge < -0.3 is 0 Å². The Hall–Kier alpha value is -3.47. The summed E-state index contributed by atoms with van der Waals surface area (Å²) in [6, 6.07) is 11.1. The number of aromatic amines is 1. The molecular formula is C18H10F4N4. The molecule has 1 aromatic heterocycles. The second kappa shape index (κ2) is 6.80. The van der Waals surface area contributed by atoms with Gasteiger partial charge in [0.05, 0.1) is 5.56 Å². The van der Waals surface area contributed by atoms with Crippen molar-refractivity contribution >= 4 is 12.2 Å². The van der Waals surface area contributed by atoms with E-state index in [2.05, 4.69) is 15.4 Å². The Morgan fingerprint density at radius 2 is 1.81 bits per heavy atom. The summed E-state index contributed by atoms with van der Waals surface area (Å²) in [4.78, 5) is 0. The van der Waals surface area contributed by atoms with Gasteiger partial charge in [-0.3, -0.25) is 0 Å². The van der Waals surface area contributed by atoms with Gasteiger partial charge in [0.15, 0.2) is 5.69 Å². The van der Waals surface area contributed by atoms with Crippen molar-refractivity contribution in [1.29, 1.82) is 5.26 Å². The molecule has 0 saturated carbocycles. The fourth-order valence-corrected chi connectivity index (χ4v) is 2.36. The molecule has 0 saturated heterocycles. The van der Waals surface area contributed by atoms with Crippen molar-refractivity contribution in [2.24, 2.45) is 0 Å². The SMILES string of the molecule is N#Cc1[nH]nnc1-c1cccc(C=Cc2cc(F)cc(C(F)(F)F)c2)c1. The van der Waals surface area contributed by atoms with Crippen LogP contribution in [0.15, 0.2) is 42.5 Å². The first-order chi connectivity index (χ1) is 12.4. The Morgan fingerprint density at radius 1 is 1.04 bits per heavy atom. The Labute approximate surface area is 145 Å². The molecule has 0 fully saturated rings. The molecule has 0 bridgehead atoms. The van der Waals surface area contributed by atoms with Gasteiger partial charge in [0.1, 0.15) is 17.6 Å². The number of rotatable bonds is 3. The van der Waals surface area contributed by atoms with Gasteiger partial charge >= 0.3 is 6.18 Å². The molecule has 4 nitrogen and oxygen atoms in total. The van der Waals surface area contributed by atoms with Crippen molar-refractivity contribution < 1.29 is 17.6 Å². The van der Waals surface area contributed by atoms with Crippen molar-refractivity contribution in [2.75, 3.05) is 0 Å². The maximum absolute atomic E-state index is 13.4. The molecule has 0 unspecified atom stereocenters. The van der Waals surface area contributed by atoms with Crippen LogP contribution >= 0.6 is 0 Å². The fourth-order valence-electron chi connectivity index (χ4n) is 2.36. The van der Waals surface area contributed by atoms with Crippen LogP contribution in [-0.4, -0.2) is 15.4 Å². The lowest BCUT2D eigenvalue weighted by atomic mass is 10.0. The third-order valence-electron chi connectivity index (χ3n) is 3.54. The minimum atomic E-state index is -4.62. The highest BCUT2D eigenvalue weighted by Gasteiger charge is 2.31. The largest absolute Gasteiger partial charge is 0.416 e. The summed E-state index contributed by atoms with van der Waals surface area (Å²) in [7, 11) is 0. The number of halogens is 4. The molecular weight excluding hydrogens is 348 g/mol. The zero-order chi connectivity index (χ0) is 18.7. The lowest BCUT2D eigenvalue weighted by Crippen LogP contribution is -2.05. The zero-order valence-corrected chi connectivity index (χ0v) is 13.0. The quantitative estimate of drug-likeness (QED) is 0.546. The number of hydrogen-bond donors (Lipinski definition) is 1. The molecule has 0 atom stereocenters. The molecule has 0 aliphatic rings. The highest BCUT2D eigenvalue weighted by molar-refractivity contribution is 5.74. The van der Waals surface area contributed by atoms with Crippen LogP contribution in [0.2, 0.25) is 0 Å². The monoisotopic (exact) mass is 358 g/mol. The van der Waals surface area contributed by atoms with Crippen LogP contribution < -0.4 is 0 Å². The van der Waals surface area contributed by atoms with Crippen LogP contribution in [0.5, 0.6) is 0 Å². The average Bonchev–Trinajstić information content (AvgIpc) is 3.08. The summed E-state index contributed by atoms with van der Waals surface area (Å²) in [5.41, 5.74) is 0.868. The van der Waals surface area contributed by atoms with Gasteiger partial charge in [-0.15, -0.1) is 5.10 Å². The molecule has 0 aliphatic carbocycles. The first kappa shape index (κ1) is 17.4. The van der Waals surface area contributed by atoms with Crippen molar-refractivity contribution in [3.05, 3.63) is 70.7 Å². The minimum Gasteiger partial charge on any atom is -0.247 e. The van der Waals surface area contributed by atoms with Crippen LogP contribution in [0, 0.1) is 17.1 Å². The molecule has 1 N–H and O–H groups in total. The van der Waals surface area contributed by atoms with E-state index in [1.807, 2.05) is 6.07 Å². The zero-order valence-electron chi connectivity index (χ0n) is 13.0. The van der Waals surface area contributed by atoms with Crippen molar-refractivity contribution in [3.63, 3.8) is 0 Å². The number of nitrogens with one attached hydrogen (secondary N) is 1. The second-order valence-corrected chi connectivity index (χ2v) is 5.38. The first-order valence-electron chi connectivity index (χ1n) is 7.34. The van der Waals surface area contributed by atoms with E-state index in [1.165, 1.54) is 6.08 Å².